The van der Waals surface area contributed by atoms with Crippen LogP contribution in [0.15, 0.2) is 24.3 Å². The lowest BCUT2D eigenvalue weighted by atomic mass is 9.85. The highest BCUT2D eigenvalue weighted by Crippen LogP contribution is 2.25. The summed E-state index contributed by atoms with van der Waals surface area (Å²) in [6, 6.07) is 9.08. The van der Waals surface area contributed by atoms with Crippen LogP contribution < -0.4 is 5.32 Å². The van der Waals surface area contributed by atoms with Gasteiger partial charge in [-0.2, -0.15) is 0 Å². The molecule has 2 amide bonds. The van der Waals surface area contributed by atoms with Crippen molar-refractivity contribution < 1.29 is 23.9 Å². The molecule has 4 atom stereocenters. The minimum Gasteiger partial charge on any atom is -0.462 e. The highest BCUT2D eigenvalue weighted by Gasteiger charge is 2.34. The molecule has 2 aliphatic rings. The van der Waals surface area contributed by atoms with E-state index in [0.29, 0.717) is 12.5 Å². The normalized spacial score (nSPS) is 22.2. The van der Waals surface area contributed by atoms with Crippen LogP contribution in [0.3, 0.4) is 0 Å². The van der Waals surface area contributed by atoms with E-state index < -0.39 is 0 Å². The summed E-state index contributed by atoms with van der Waals surface area (Å²) in [4.78, 5) is 32.7. The predicted octanol–water partition coefficient (Wildman–Crippen LogP) is 5.78. The second-order valence-corrected chi connectivity index (χ2v) is 11.4. The summed E-state index contributed by atoms with van der Waals surface area (Å²) >= 11 is 0. The molecule has 2 fully saturated rings. The number of benzene rings is 1. The summed E-state index contributed by atoms with van der Waals surface area (Å²) in [6.45, 7) is 21.7. The third-order valence-electron chi connectivity index (χ3n) is 7.02. The van der Waals surface area contributed by atoms with Gasteiger partial charge in [-0.3, -0.25) is 19.7 Å². The summed E-state index contributed by atoms with van der Waals surface area (Å²) in [5.41, 5.74) is 2.80. The van der Waals surface area contributed by atoms with Crippen molar-refractivity contribution in [2.24, 2.45) is 17.3 Å². The summed E-state index contributed by atoms with van der Waals surface area (Å²) in [5, 5.41) is 2.24. The van der Waals surface area contributed by atoms with E-state index in [0.717, 1.165) is 13.0 Å². The summed E-state index contributed by atoms with van der Waals surface area (Å²) in [6.07, 6.45) is 2.19. The zero-order valence-corrected chi connectivity index (χ0v) is 23.5. The molecule has 1 N–H and O–H groups in total. The number of epoxide rings is 1. The molecule has 0 aromatic heterocycles. The molecule has 2 aliphatic heterocycles. The maximum Gasteiger partial charge on any atom is 0.311 e. The van der Waals surface area contributed by atoms with Crippen LogP contribution in [-0.4, -0.2) is 37.1 Å². The van der Waals surface area contributed by atoms with E-state index in [-0.39, 0.29) is 46.6 Å². The molecule has 4 unspecified atom stereocenters. The van der Waals surface area contributed by atoms with Gasteiger partial charge in [-0.1, -0.05) is 79.7 Å². The molecular formula is C29H47NO5. The van der Waals surface area contributed by atoms with Gasteiger partial charge < -0.3 is 9.47 Å². The van der Waals surface area contributed by atoms with Crippen LogP contribution in [0.1, 0.15) is 99.1 Å². The summed E-state index contributed by atoms with van der Waals surface area (Å²) in [5.74, 6) is -0.0143. The average molecular weight is 490 g/mol. The van der Waals surface area contributed by atoms with Gasteiger partial charge in [0, 0.05) is 11.8 Å². The van der Waals surface area contributed by atoms with Crippen molar-refractivity contribution in [3.63, 3.8) is 0 Å². The number of amides is 2. The Labute approximate surface area is 212 Å². The lowest BCUT2D eigenvalue weighted by Gasteiger charge is -2.20. The van der Waals surface area contributed by atoms with Crippen molar-refractivity contribution >= 4 is 17.8 Å². The minimum absolute atomic E-state index is 0.125. The monoisotopic (exact) mass is 489 g/mol. The fourth-order valence-electron chi connectivity index (χ4n) is 3.02. The fourth-order valence-corrected chi connectivity index (χ4v) is 3.02. The zero-order valence-electron chi connectivity index (χ0n) is 23.5. The number of carbonyl (C=O) groups is 3. The van der Waals surface area contributed by atoms with Gasteiger partial charge >= 0.3 is 5.97 Å². The molecule has 2 heterocycles. The van der Waals surface area contributed by atoms with E-state index >= 15 is 0 Å². The lowest BCUT2D eigenvalue weighted by Crippen LogP contribution is -2.27. The van der Waals surface area contributed by atoms with Gasteiger partial charge in [0.1, 0.15) is 12.7 Å². The molecule has 0 radical (unpaired) electrons. The number of hydrogen-bond acceptors (Lipinski definition) is 5. The van der Waals surface area contributed by atoms with Crippen LogP contribution in [0.25, 0.3) is 0 Å². The van der Waals surface area contributed by atoms with Gasteiger partial charge in [0.25, 0.3) is 0 Å². The molecule has 1 aromatic carbocycles. The van der Waals surface area contributed by atoms with Crippen molar-refractivity contribution in [2.45, 2.75) is 99.5 Å². The maximum atomic E-state index is 11.4. The maximum absolute atomic E-state index is 11.4. The van der Waals surface area contributed by atoms with Gasteiger partial charge in [0.2, 0.25) is 11.8 Å². The number of rotatable bonds is 6. The van der Waals surface area contributed by atoms with Crippen molar-refractivity contribution in [1.82, 2.24) is 5.32 Å². The third kappa shape index (κ3) is 10.1. The van der Waals surface area contributed by atoms with Crippen LogP contribution >= 0.6 is 0 Å². The topological polar surface area (TPSA) is 85.0 Å². The largest absolute Gasteiger partial charge is 0.462 e. The van der Waals surface area contributed by atoms with Crippen LogP contribution in [0.4, 0.5) is 0 Å². The van der Waals surface area contributed by atoms with Crippen LogP contribution in [0.5, 0.6) is 0 Å². The molecule has 35 heavy (non-hydrogen) atoms. The first-order chi connectivity index (χ1) is 16.1. The van der Waals surface area contributed by atoms with Crippen LogP contribution in [0, 0.1) is 17.3 Å². The SMILES string of the molecule is CC1C(=O)NC(=O)C1C.CCC(C)(C)C(=O)OCC1CO1.CCC(C)c1ccc(C(C)(C)C)cc1. The standard InChI is InChI=1S/C14H22.C9H16O3.C6H9NO2/c1-6-11(2)12-7-9-13(10-8-12)14(3,4)5;1-4-9(2,3)8(10)12-6-7-5-11-7;1-3-4(2)6(9)7-5(3)8/h7-11H,6H2,1-5H3;7H,4-6H2,1-3H3;3-4H,1-2H3,(H,7,8,9). The Bertz CT molecular complexity index is 816. The first-order valence-electron chi connectivity index (χ1n) is 12.9. The van der Waals surface area contributed by atoms with Crippen molar-refractivity contribution in [1.29, 1.82) is 0 Å². The lowest BCUT2D eigenvalue weighted by molar-refractivity contribution is -0.154. The Morgan fingerprint density at radius 3 is 1.83 bits per heavy atom. The van der Waals surface area contributed by atoms with E-state index in [2.05, 4.69) is 64.2 Å². The number of carbonyl (C=O) groups excluding carboxylic acids is 3. The van der Waals surface area contributed by atoms with Crippen molar-refractivity contribution in [3.05, 3.63) is 35.4 Å². The van der Waals surface area contributed by atoms with E-state index in [1.165, 1.54) is 17.5 Å². The van der Waals surface area contributed by atoms with Gasteiger partial charge in [-0.05, 0) is 49.1 Å². The fraction of sp³-hybridized carbons (Fsp3) is 0.690. The number of nitrogens with one attached hydrogen (secondary N) is 1. The second kappa shape index (κ2) is 13.2. The first kappa shape index (κ1) is 30.8. The van der Waals surface area contributed by atoms with Crippen molar-refractivity contribution in [3.8, 4) is 0 Å². The zero-order chi connectivity index (χ0) is 27.0. The minimum atomic E-state index is -0.352. The second-order valence-electron chi connectivity index (χ2n) is 11.4. The van der Waals surface area contributed by atoms with E-state index in [1.54, 1.807) is 13.8 Å². The highest BCUT2D eigenvalue weighted by atomic mass is 16.6. The van der Waals surface area contributed by atoms with Gasteiger partial charge in [0.05, 0.1) is 12.0 Å². The summed E-state index contributed by atoms with van der Waals surface area (Å²) < 4.78 is 9.99. The first-order valence-corrected chi connectivity index (χ1v) is 12.9. The average Bonchev–Trinajstić information content (AvgIpc) is 3.62. The van der Waals surface area contributed by atoms with E-state index in [1.807, 2.05) is 20.8 Å². The quantitative estimate of drug-likeness (QED) is 0.311. The van der Waals surface area contributed by atoms with E-state index in [9.17, 15) is 14.4 Å². The Morgan fingerprint density at radius 2 is 1.51 bits per heavy atom. The Kier molecular flexibility index (Phi) is 11.6. The van der Waals surface area contributed by atoms with Crippen LogP contribution in [0.2, 0.25) is 0 Å². The molecule has 1 aromatic rings. The molecule has 0 spiro atoms. The third-order valence-corrected chi connectivity index (χ3v) is 7.02. The molecular weight excluding hydrogens is 442 g/mol. The number of esters is 1. The Balaban J connectivity index is 0.000000269. The molecule has 198 valence electrons. The van der Waals surface area contributed by atoms with Gasteiger partial charge in [-0.25, -0.2) is 0 Å². The molecule has 0 aliphatic carbocycles. The molecule has 3 rings (SSSR count). The van der Waals surface area contributed by atoms with E-state index in [4.69, 9.17) is 9.47 Å². The smallest absolute Gasteiger partial charge is 0.311 e. The molecule has 2 saturated heterocycles. The number of imide groups is 1. The Morgan fingerprint density at radius 1 is 1.03 bits per heavy atom. The van der Waals surface area contributed by atoms with Gasteiger partial charge in [0.15, 0.2) is 0 Å². The summed E-state index contributed by atoms with van der Waals surface area (Å²) in [7, 11) is 0. The van der Waals surface area contributed by atoms with Crippen LogP contribution in [-0.2, 0) is 29.3 Å². The number of hydrogen-bond donors (Lipinski definition) is 1. The Hall–Kier alpha value is -2.21. The molecule has 0 bridgehead atoms. The van der Waals surface area contributed by atoms with Gasteiger partial charge in [-0.15, -0.1) is 0 Å². The number of ether oxygens (including phenoxy) is 2. The predicted molar refractivity (Wildman–Crippen MR) is 140 cm³/mol. The molecule has 6 nitrogen and oxygen atoms in total. The highest BCUT2D eigenvalue weighted by molar-refractivity contribution is 6.04. The molecule has 0 saturated carbocycles. The molecule has 6 heteroatoms. The van der Waals surface area contributed by atoms with Crippen molar-refractivity contribution in [2.75, 3.05) is 13.2 Å².